The van der Waals surface area contributed by atoms with E-state index in [1.54, 1.807) is 23.9 Å². The minimum absolute atomic E-state index is 0.111. The zero-order valence-corrected chi connectivity index (χ0v) is 13.9. The maximum atomic E-state index is 12.3. The van der Waals surface area contributed by atoms with Gasteiger partial charge in [-0.1, -0.05) is 19.1 Å². The van der Waals surface area contributed by atoms with Crippen LogP contribution in [0.1, 0.15) is 31.1 Å². The predicted molar refractivity (Wildman–Crippen MR) is 93.0 cm³/mol. The highest BCUT2D eigenvalue weighted by Gasteiger charge is 2.09. The quantitative estimate of drug-likeness (QED) is 0.775. The summed E-state index contributed by atoms with van der Waals surface area (Å²) < 4.78 is 5.58. The number of hydrogen-bond acceptors (Lipinski definition) is 3. The first-order valence-corrected chi connectivity index (χ1v) is 8.38. The molecule has 0 bridgehead atoms. The summed E-state index contributed by atoms with van der Waals surface area (Å²) in [5.74, 6) is 1.63. The number of ether oxygens (including phenoxy) is 1. The van der Waals surface area contributed by atoms with E-state index in [4.69, 9.17) is 4.74 Å². The maximum absolute atomic E-state index is 12.3. The fourth-order valence-electron chi connectivity index (χ4n) is 2.00. The smallest absolute Gasteiger partial charge is 0.255 e. The molecule has 0 spiro atoms. The fourth-order valence-corrected chi connectivity index (χ4v) is 2.76. The maximum Gasteiger partial charge on any atom is 0.255 e. The van der Waals surface area contributed by atoms with Gasteiger partial charge in [0, 0.05) is 10.5 Å². The van der Waals surface area contributed by atoms with Crippen LogP contribution in [0.2, 0.25) is 0 Å². The molecule has 1 amide bonds. The van der Waals surface area contributed by atoms with E-state index >= 15 is 0 Å². The van der Waals surface area contributed by atoms with Crippen LogP contribution < -0.4 is 10.1 Å². The Balaban J connectivity index is 2.09. The van der Waals surface area contributed by atoms with Crippen molar-refractivity contribution in [3.05, 3.63) is 54.1 Å². The van der Waals surface area contributed by atoms with Crippen LogP contribution in [-0.2, 0) is 0 Å². The van der Waals surface area contributed by atoms with Gasteiger partial charge in [0.15, 0.2) is 0 Å². The molecule has 4 heteroatoms. The van der Waals surface area contributed by atoms with E-state index in [2.05, 4.69) is 12.2 Å². The minimum atomic E-state index is -0.111. The average Bonchev–Trinajstić information content (AvgIpc) is 2.49. The second-order valence-corrected chi connectivity index (χ2v) is 6.38. The number of amides is 1. The molecule has 2 aromatic rings. The second-order valence-electron chi connectivity index (χ2n) is 5.07. The molecule has 0 unspecified atom stereocenters. The van der Waals surface area contributed by atoms with Crippen molar-refractivity contribution in [1.82, 2.24) is 0 Å². The number of rotatable bonds is 6. The Bertz CT molecular complexity index is 623. The van der Waals surface area contributed by atoms with E-state index in [1.807, 2.05) is 50.2 Å². The molecule has 22 heavy (non-hydrogen) atoms. The first-order valence-electron chi connectivity index (χ1n) is 7.40. The molecule has 0 aliphatic rings. The zero-order valence-electron chi connectivity index (χ0n) is 13.1. The normalized spacial score (nSPS) is 10.5. The van der Waals surface area contributed by atoms with Crippen LogP contribution in [0.15, 0.2) is 53.4 Å². The van der Waals surface area contributed by atoms with Crippen molar-refractivity contribution in [2.24, 2.45) is 0 Å². The third kappa shape index (κ3) is 4.53. The number of carbonyl (C=O) groups excluding carboxylic acids is 1. The topological polar surface area (TPSA) is 38.3 Å². The average molecular weight is 315 g/mol. The largest absolute Gasteiger partial charge is 0.491 e. The summed E-state index contributed by atoms with van der Waals surface area (Å²) in [6.45, 7) is 6.04. The van der Waals surface area contributed by atoms with Gasteiger partial charge in [0.05, 0.1) is 11.8 Å². The monoisotopic (exact) mass is 315 g/mol. The van der Waals surface area contributed by atoms with Crippen LogP contribution in [0.25, 0.3) is 0 Å². The molecule has 0 aromatic heterocycles. The molecule has 3 nitrogen and oxygen atoms in total. The van der Waals surface area contributed by atoms with Crippen molar-refractivity contribution in [3.63, 3.8) is 0 Å². The molecule has 0 aliphatic heterocycles. The van der Waals surface area contributed by atoms with Gasteiger partial charge in [-0.3, -0.25) is 4.79 Å². The summed E-state index contributed by atoms with van der Waals surface area (Å²) in [5, 5.41) is 2.97. The Kier molecular flexibility index (Phi) is 5.90. The van der Waals surface area contributed by atoms with Crippen LogP contribution in [0.4, 0.5) is 5.69 Å². The molecule has 0 atom stereocenters. The van der Waals surface area contributed by atoms with Gasteiger partial charge in [-0.15, -0.1) is 11.8 Å². The van der Waals surface area contributed by atoms with Gasteiger partial charge in [-0.2, -0.15) is 0 Å². The Morgan fingerprint density at radius 3 is 2.45 bits per heavy atom. The highest BCUT2D eigenvalue weighted by Crippen LogP contribution is 2.27. The number of nitrogens with one attached hydrogen (secondary N) is 1. The van der Waals surface area contributed by atoms with Crippen molar-refractivity contribution >= 4 is 23.4 Å². The summed E-state index contributed by atoms with van der Waals surface area (Å²) in [7, 11) is 0. The van der Waals surface area contributed by atoms with Crippen molar-refractivity contribution in [2.45, 2.75) is 31.8 Å². The molecule has 116 valence electrons. The highest BCUT2D eigenvalue weighted by molar-refractivity contribution is 7.99. The first kappa shape index (κ1) is 16.4. The second kappa shape index (κ2) is 7.90. The third-order valence-electron chi connectivity index (χ3n) is 2.92. The molecule has 2 rings (SSSR count). The number of anilines is 1. The standard InChI is InChI=1S/C18H21NO2S/c1-4-22-17-8-6-5-7-16(17)19-18(20)14-9-11-15(12-10-14)21-13(2)3/h5-13H,4H2,1-3H3,(H,19,20). The number of para-hydroxylation sites is 1. The summed E-state index contributed by atoms with van der Waals surface area (Å²) >= 11 is 1.71. The predicted octanol–water partition coefficient (Wildman–Crippen LogP) is 4.84. The Labute approximate surface area is 136 Å². The van der Waals surface area contributed by atoms with E-state index in [9.17, 15) is 4.79 Å². The Morgan fingerprint density at radius 2 is 1.82 bits per heavy atom. The van der Waals surface area contributed by atoms with Crippen LogP contribution >= 0.6 is 11.8 Å². The van der Waals surface area contributed by atoms with Crippen LogP contribution in [0, 0.1) is 0 Å². The lowest BCUT2D eigenvalue weighted by molar-refractivity contribution is 0.102. The van der Waals surface area contributed by atoms with Crippen molar-refractivity contribution in [1.29, 1.82) is 0 Å². The van der Waals surface area contributed by atoms with E-state index in [0.717, 1.165) is 22.1 Å². The zero-order chi connectivity index (χ0) is 15.9. The van der Waals surface area contributed by atoms with Crippen LogP contribution in [0.5, 0.6) is 5.75 Å². The van der Waals surface area contributed by atoms with E-state index in [0.29, 0.717) is 5.56 Å². The molecule has 0 aliphatic carbocycles. The highest BCUT2D eigenvalue weighted by atomic mass is 32.2. The van der Waals surface area contributed by atoms with E-state index in [-0.39, 0.29) is 12.0 Å². The molecule has 0 heterocycles. The van der Waals surface area contributed by atoms with Crippen LogP contribution in [0.3, 0.4) is 0 Å². The number of benzene rings is 2. The van der Waals surface area contributed by atoms with Crippen molar-refractivity contribution in [2.75, 3.05) is 11.1 Å². The summed E-state index contributed by atoms with van der Waals surface area (Å²) in [6, 6.07) is 15.0. The van der Waals surface area contributed by atoms with Crippen molar-refractivity contribution in [3.8, 4) is 5.75 Å². The Morgan fingerprint density at radius 1 is 1.14 bits per heavy atom. The number of thioether (sulfide) groups is 1. The van der Waals surface area contributed by atoms with Gasteiger partial charge >= 0.3 is 0 Å². The molecule has 0 fully saturated rings. The lowest BCUT2D eigenvalue weighted by atomic mass is 10.2. The van der Waals surface area contributed by atoms with Gasteiger partial charge in [0.1, 0.15) is 5.75 Å². The van der Waals surface area contributed by atoms with Gasteiger partial charge in [-0.05, 0) is 56.0 Å². The van der Waals surface area contributed by atoms with E-state index in [1.165, 1.54) is 0 Å². The lowest BCUT2D eigenvalue weighted by Crippen LogP contribution is -2.12. The summed E-state index contributed by atoms with van der Waals surface area (Å²) in [6.07, 6.45) is 0.123. The molecule has 0 saturated carbocycles. The SMILES string of the molecule is CCSc1ccccc1NC(=O)c1ccc(OC(C)C)cc1. The van der Waals surface area contributed by atoms with Gasteiger partial charge in [-0.25, -0.2) is 0 Å². The van der Waals surface area contributed by atoms with Gasteiger partial charge in [0.25, 0.3) is 5.91 Å². The van der Waals surface area contributed by atoms with Crippen molar-refractivity contribution < 1.29 is 9.53 Å². The minimum Gasteiger partial charge on any atom is -0.491 e. The number of carbonyl (C=O) groups is 1. The summed E-state index contributed by atoms with van der Waals surface area (Å²) in [4.78, 5) is 13.4. The Hall–Kier alpha value is -1.94. The first-order chi connectivity index (χ1) is 10.6. The summed E-state index contributed by atoms with van der Waals surface area (Å²) in [5.41, 5.74) is 1.47. The van der Waals surface area contributed by atoms with E-state index < -0.39 is 0 Å². The number of hydrogen-bond donors (Lipinski definition) is 1. The fraction of sp³-hybridized carbons (Fsp3) is 0.278. The van der Waals surface area contributed by atoms with Crippen LogP contribution in [-0.4, -0.2) is 17.8 Å². The molecule has 0 radical (unpaired) electrons. The lowest BCUT2D eigenvalue weighted by Gasteiger charge is -2.11. The molecular weight excluding hydrogens is 294 g/mol. The van der Waals surface area contributed by atoms with Gasteiger partial charge < -0.3 is 10.1 Å². The third-order valence-corrected chi connectivity index (χ3v) is 3.88. The molecule has 2 aromatic carbocycles. The molecule has 1 N–H and O–H groups in total. The molecular formula is C18H21NO2S. The van der Waals surface area contributed by atoms with Gasteiger partial charge in [0.2, 0.25) is 0 Å². The molecule has 0 saturated heterocycles.